The van der Waals surface area contributed by atoms with Crippen molar-refractivity contribution >= 4 is 0 Å². The average Bonchev–Trinajstić information content (AvgIpc) is 2.90. The highest BCUT2D eigenvalue weighted by Crippen LogP contribution is 2.02. The van der Waals surface area contributed by atoms with Crippen molar-refractivity contribution in [3.63, 3.8) is 0 Å². The summed E-state index contributed by atoms with van der Waals surface area (Å²) in [5.74, 6) is 1.97. The van der Waals surface area contributed by atoms with Crippen molar-refractivity contribution in [2.45, 2.75) is 56.4 Å². The molecule has 0 spiro atoms. The number of hydrogen-bond acceptors (Lipinski definition) is 2. The number of hydrogen-bond donors (Lipinski definition) is 0. The number of pyridine rings is 1. The summed E-state index contributed by atoms with van der Waals surface area (Å²) >= 11 is 0. The van der Waals surface area contributed by atoms with Crippen molar-refractivity contribution in [3.8, 4) is 0 Å². The lowest BCUT2D eigenvalue weighted by atomic mass is 10.2. The van der Waals surface area contributed by atoms with Gasteiger partial charge in [0.2, 0.25) is 0 Å². The summed E-state index contributed by atoms with van der Waals surface area (Å²) in [7, 11) is 0. The Hall–Kier alpha value is -2.35. The minimum Gasteiger partial charge on any atom is -0.467 e. The van der Waals surface area contributed by atoms with Crippen LogP contribution in [0.5, 0.6) is 0 Å². The summed E-state index contributed by atoms with van der Waals surface area (Å²) in [6.07, 6.45) is 1.87. The maximum atomic E-state index is 5.08. The van der Waals surface area contributed by atoms with Crippen LogP contribution in [0.2, 0.25) is 0 Å². The Morgan fingerprint density at radius 3 is 1.20 bits per heavy atom. The van der Waals surface area contributed by atoms with Crippen LogP contribution in [0.15, 0.2) is 59.1 Å². The molecule has 3 rings (SSSR count). The van der Waals surface area contributed by atoms with Crippen LogP contribution in [0.25, 0.3) is 0 Å². The van der Waals surface area contributed by atoms with Crippen LogP contribution in [-0.4, -0.2) is 4.98 Å². The predicted molar refractivity (Wildman–Crippen MR) is 111 cm³/mol. The zero-order valence-corrected chi connectivity index (χ0v) is 15.1. The second-order valence-corrected chi connectivity index (χ2v) is 5.79. The van der Waals surface area contributed by atoms with Gasteiger partial charge in [0, 0.05) is 11.9 Å². The largest absolute Gasteiger partial charge is 0.467 e. The lowest BCUT2D eigenvalue weighted by molar-refractivity contribution is 0.504. The Bertz CT molecular complexity index is 577. The Morgan fingerprint density at radius 2 is 0.960 bits per heavy atom. The summed E-state index contributed by atoms with van der Waals surface area (Å²) in [5.41, 5.74) is 4.96. The molecule has 138 valence electrons. The minimum atomic E-state index is 0. The molecular formula is C23H35NO. The van der Waals surface area contributed by atoms with Gasteiger partial charge in [-0.25, -0.2) is 0 Å². The van der Waals surface area contributed by atoms with Crippen molar-refractivity contribution in [2.75, 3.05) is 0 Å². The molecule has 0 fully saturated rings. The standard InChI is InChI=1S/C8H10.C7H9N.C6H8O.2CH4/c1-7-3-5-8(2)6-4-7;1-6-3-4-7(2)8-5-6;1-5-3-4-6(2)7-5;;/h3-6H,1-2H3;3-5H,1-2H3;3-4H,1-2H3;2*1H4. The first-order valence-corrected chi connectivity index (χ1v) is 7.82. The molecule has 2 aromatic heterocycles. The fourth-order valence-electron chi connectivity index (χ4n) is 1.74. The van der Waals surface area contributed by atoms with Gasteiger partial charge in [0.25, 0.3) is 0 Å². The van der Waals surface area contributed by atoms with E-state index in [2.05, 4.69) is 49.2 Å². The van der Waals surface area contributed by atoms with Crippen LogP contribution in [0.3, 0.4) is 0 Å². The minimum absolute atomic E-state index is 0. The molecule has 0 radical (unpaired) electrons. The van der Waals surface area contributed by atoms with Gasteiger partial charge in [0.15, 0.2) is 0 Å². The van der Waals surface area contributed by atoms with E-state index in [9.17, 15) is 0 Å². The van der Waals surface area contributed by atoms with E-state index in [-0.39, 0.29) is 14.9 Å². The first kappa shape index (κ1) is 24.9. The third kappa shape index (κ3) is 11.8. The average molecular weight is 342 g/mol. The third-order valence-electron chi connectivity index (χ3n) is 3.15. The molecule has 0 N–H and O–H groups in total. The predicted octanol–water partition coefficient (Wildman–Crippen LogP) is 7.17. The lowest BCUT2D eigenvalue weighted by Crippen LogP contribution is -1.78. The number of rotatable bonds is 0. The van der Waals surface area contributed by atoms with E-state index in [1.165, 1.54) is 16.7 Å². The monoisotopic (exact) mass is 341 g/mol. The van der Waals surface area contributed by atoms with Gasteiger partial charge in [-0.2, -0.15) is 0 Å². The molecule has 2 nitrogen and oxygen atoms in total. The summed E-state index contributed by atoms with van der Waals surface area (Å²) in [6, 6.07) is 16.5. The molecule has 0 saturated carbocycles. The van der Waals surface area contributed by atoms with E-state index >= 15 is 0 Å². The van der Waals surface area contributed by atoms with Gasteiger partial charge in [-0.05, 0) is 65.3 Å². The maximum absolute atomic E-state index is 5.08. The fourth-order valence-corrected chi connectivity index (χ4v) is 1.74. The Morgan fingerprint density at radius 1 is 0.560 bits per heavy atom. The quantitative estimate of drug-likeness (QED) is 0.433. The van der Waals surface area contributed by atoms with E-state index in [0.29, 0.717) is 0 Å². The number of aryl methyl sites for hydroxylation is 6. The Labute approximate surface area is 155 Å². The van der Waals surface area contributed by atoms with Crippen LogP contribution in [-0.2, 0) is 0 Å². The van der Waals surface area contributed by atoms with Crippen LogP contribution in [0.4, 0.5) is 0 Å². The number of aromatic nitrogens is 1. The summed E-state index contributed by atoms with van der Waals surface area (Å²) in [6.45, 7) is 12.1. The molecule has 2 heterocycles. The number of furan rings is 1. The molecule has 0 aliphatic rings. The van der Waals surface area contributed by atoms with Gasteiger partial charge >= 0.3 is 0 Å². The topological polar surface area (TPSA) is 26.0 Å². The van der Waals surface area contributed by atoms with Crippen LogP contribution in [0, 0.1) is 41.5 Å². The second kappa shape index (κ2) is 13.0. The van der Waals surface area contributed by atoms with Crippen molar-refractivity contribution in [3.05, 3.63) is 88.6 Å². The molecule has 0 unspecified atom stereocenters. The molecule has 0 atom stereocenters. The molecule has 0 saturated heterocycles. The highest BCUT2D eigenvalue weighted by Gasteiger charge is 1.85. The van der Waals surface area contributed by atoms with E-state index in [1.807, 2.05) is 52.1 Å². The molecule has 0 aliphatic heterocycles. The SMILES string of the molecule is C.C.Cc1ccc(C)cc1.Cc1ccc(C)nc1.Cc1ccc(C)o1. The molecule has 0 aliphatic carbocycles. The Balaban J connectivity index is 0. The smallest absolute Gasteiger partial charge is 0.101 e. The zero-order chi connectivity index (χ0) is 17.2. The maximum Gasteiger partial charge on any atom is 0.101 e. The molecule has 2 heteroatoms. The summed E-state index contributed by atoms with van der Waals surface area (Å²) in [5, 5.41) is 0. The van der Waals surface area contributed by atoms with Gasteiger partial charge < -0.3 is 4.42 Å². The molecule has 25 heavy (non-hydrogen) atoms. The second-order valence-electron chi connectivity index (χ2n) is 5.79. The van der Waals surface area contributed by atoms with Crippen LogP contribution >= 0.6 is 0 Å². The van der Waals surface area contributed by atoms with Crippen molar-refractivity contribution in [1.82, 2.24) is 4.98 Å². The zero-order valence-electron chi connectivity index (χ0n) is 15.1. The number of nitrogens with zero attached hydrogens (tertiary/aromatic N) is 1. The van der Waals surface area contributed by atoms with E-state index in [1.54, 1.807) is 0 Å². The van der Waals surface area contributed by atoms with E-state index in [0.717, 1.165) is 17.2 Å². The summed E-state index contributed by atoms with van der Waals surface area (Å²) in [4.78, 5) is 4.08. The Kier molecular flexibility index (Phi) is 12.9. The van der Waals surface area contributed by atoms with Gasteiger partial charge in [0.1, 0.15) is 11.5 Å². The normalized spacial score (nSPS) is 8.56. The van der Waals surface area contributed by atoms with E-state index < -0.39 is 0 Å². The first-order chi connectivity index (χ1) is 10.9. The van der Waals surface area contributed by atoms with Gasteiger partial charge in [-0.3, -0.25) is 4.98 Å². The van der Waals surface area contributed by atoms with Gasteiger partial charge in [0.05, 0.1) is 0 Å². The van der Waals surface area contributed by atoms with Crippen LogP contribution in [0.1, 0.15) is 48.8 Å². The fraction of sp³-hybridized carbons (Fsp3) is 0.348. The highest BCUT2D eigenvalue weighted by atomic mass is 16.3. The van der Waals surface area contributed by atoms with Crippen molar-refractivity contribution in [2.24, 2.45) is 0 Å². The molecule has 0 bridgehead atoms. The highest BCUT2D eigenvalue weighted by molar-refractivity contribution is 5.19. The van der Waals surface area contributed by atoms with Gasteiger partial charge in [-0.15, -0.1) is 0 Å². The van der Waals surface area contributed by atoms with E-state index in [4.69, 9.17) is 4.42 Å². The summed E-state index contributed by atoms with van der Waals surface area (Å²) < 4.78 is 5.08. The molecule has 1 aromatic carbocycles. The van der Waals surface area contributed by atoms with Crippen molar-refractivity contribution in [1.29, 1.82) is 0 Å². The number of benzene rings is 1. The van der Waals surface area contributed by atoms with Gasteiger partial charge in [-0.1, -0.05) is 56.3 Å². The lowest BCUT2D eigenvalue weighted by Gasteiger charge is -1.90. The van der Waals surface area contributed by atoms with Crippen LogP contribution < -0.4 is 0 Å². The third-order valence-corrected chi connectivity index (χ3v) is 3.15. The first-order valence-electron chi connectivity index (χ1n) is 7.82. The molecular weight excluding hydrogens is 306 g/mol. The van der Waals surface area contributed by atoms with Crippen molar-refractivity contribution < 1.29 is 4.42 Å². The molecule has 0 amide bonds. The molecule has 3 aromatic rings.